The van der Waals surface area contributed by atoms with Crippen LogP contribution in [0.1, 0.15) is 6.92 Å². The Bertz CT molecular complexity index is 194. The molecule has 7 heteroatoms. The Balaban J connectivity index is 3.48. The van der Waals surface area contributed by atoms with E-state index in [-0.39, 0.29) is 18.5 Å². The van der Waals surface area contributed by atoms with Crippen molar-refractivity contribution < 1.29 is 14.7 Å². The van der Waals surface area contributed by atoms with Gasteiger partial charge < -0.3 is 26.7 Å². The van der Waals surface area contributed by atoms with E-state index in [1.54, 1.807) is 6.92 Å². The van der Waals surface area contributed by atoms with E-state index in [0.29, 0.717) is 6.54 Å². The van der Waals surface area contributed by atoms with E-state index in [9.17, 15) is 4.79 Å². The van der Waals surface area contributed by atoms with E-state index in [0.717, 1.165) is 0 Å². The summed E-state index contributed by atoms with van der Waals surface area (Å²) in [5.74, 6) is 0.0686. The lowest BCUT2D eigenvalue weighted by Gasteiger charge is -2.11. The van der Waals surface area contributed by atoms with Crippen molar-refractivity contribution in [1.29, 1.82) is 0 Å². The maximum absolute atomic E-state index is 10.1. The van der Waals surface area contributed by atoms with E-state index >= 15 is 0 Å². The predicted octanol–water partition coefficient (Wildman–Crippen LogP) is -1.19. The Morgan fingerprint density at radius 3 is 2.77 bits per heavy atom. The second-order valence-corrected chi connectivity index (χ2v) is 2.37. The van der Waals surface area contributed by atoms with E-state index < -0.39 is 6.09 Å². The van der Waals surface area contributed by atoms with Gasteiger partial charge in [0, 0.05) is 6.54 Å². The molecule has 0 fully saturated rings. The largest absolute Gasteiger partial charge is 0.448 e. The molecular weight excluding hydrogens is 176 g/mol. The summed E-state index contributed by atoms with van der Waals surface area (Å²) in [4.78, 5) is 10.1. The van der Waals surface area contributed by atoms with Gasteiger partial charge in [-0.3, -0.25) is 0 Å². The number of primary amides is 1. The molecule has 0 bridgehead atoms. The van der Waals surface area contributed by atoms with Crippen molar-refractivity contribution in [2.24, 2.45) is 16.6 Å². The van der Waals surface area contributed by atoms with Crippen LogP contribution in [-0.4, -0.2) is 36.3 Å². The molecule has 0 aliphatic heterocycles. The highest BCUT2D eigenvalue weighted by molar-refractivity contribution is 5.84. The molecule has 76 valence electrons. The lowest BCUT2D eigenvalue weighted by atomic mass is 10.3. The van der Waals surface area contributed by atoms with Crippen molar-refractivity contribution in [3.63, 3.8) is 0 Å². The van der Waals surface area contributed by atoms with E-state index in [1.165, 1.54) is 0 Å². The van der Waals surface area contributed by atoms with Gasteiger partial charge in [0.1, 0.15) is 6.61 Å². The molecular formula is C6H14N4O3. The van der Waals surface area contributed by atoms with Gasteiger partial charge >= 0.3 is 6.09 Å². The Kier molecular flexibility index (Phi) is 5.37. The molecule has 0 aliphatic carbocycles. The highest BCUT2D eigenvalue weighted by Crippen LogP contribution is 1.81. The van der Waals surface area contributed by atoms with Crippen LogP contribution in [0.5, 0.6) is 0 Å². The molecule has 0 saturated heterocycles. The average molecular weight is 190 g/mol. The Morgan fingerprint density at radius 2 is 2.31 bits per heavy atom. The monoisotopic (exact) mass is 190 g/mol. The van der Waals surface area contributed by atoms with Crippen LogP contribution in [0.4, 0.5) is 4.79 Å². The van der Waals surface area contributed by atoms with Gasteiger partial charge in [-0.2, -0.15) is 0 Å². The zero-order chi connectivity index (χ0) is 10.3. The first-order valence-electron chi connectivity index (χ1n) is 3.71. The van der Waals surface area contributed by atoms with Crippen LogP contribution in [0.2, 0.25) is 0 Å². The van der Waals surface area contributed by atoms with Gasteiger partial charge in [-0.05, 0) is 6.92 Å². The van der Waals surface area contributed by atoms with Gasteiger partial charge in [-0.1, -0.05) is 5.16 Å². The third-order valence-electron chi connectivity index (χ3n) is 1.36. The number of rotatable bonds is 5. The van der Waals surface area contributed by atoms with Crippen LogP contribution < -0.4 is 16.8 Å². The van der Waals surface area contributed by atoms with Crippen LogP contribution in [0, 0.1) is 0 Å². The SMILES string of the molecule is CC(NCCOC(N)=O)C(N)=NO. The molecule has 13 heavy (non-hydrogen) atoms. The molecule has 1 atom stereocenters. The van der Waals surface area contributed by atoms with Gasteiger partial charge in [0.2, 0.25) is 0 Å². The summed E-state index contributed by atoms with van der Waals surface area (Å²) in [6.45, 7) is 2.25. The summed E-state index contributed by atoms with van der Waals surface area (Å²) < 4.78 is 4.44. The topological polar surface area (TPSA) is 123 Å². The van der Waals surface area contributed by atoms with Gasteiger partial charge in [-0.25, -0.2) is 4.79 Å². The fraction of sp³-hybridized carbons (Fsp3) is 0.667. The van der Waals surface area contributed by atoms with Crippen LogP contribution in [-0.2, 0) is 4.74 Å². The fourth-order valence-electron chi connectivity index (χ4n) is 0.618. The number of amides is 1. The van der Waals surface area contributed by atoms with Crippen molar-refractivity contribution in [2.75, 3.05) is 13.2 Å². The van der Waals surface area contributed by atoms with Gasteiger partial charge in [0.25, 0.3) is 0 Å². The van der Waals surface area contributed by atoms with E-state index in [2.05, 4.69) is 15.2 Å². The number of nitrogens with two attached hydrogens (primary N) is 2. The van der Waals surface area contributed by atoms with Crippen LogP contribution in [0.15, 0.2) is 5.16 Å². The number of oxime groups is 1. The lowest BCUT2D eigenvalue weighted by molar-refractivity contribution is 0.157. The normalized spacial score (nSPS) is 13.8. The summed E-state index contributed by atoms with van der Waals surface area (Å²) in [5, 5.41) is 13.9. The summed E-state index contributed by atoms with van der Waals surface area (Å²) in [7, 11) is 0. The number of carbonyl (C=O) groups is 1. The molecule has 0 rings (SSSR count). The minimum absolute atomic E-state index is 0.0686. The van der Waals surface area contributed by atoms with E-state index in [1.807, 2.05) is 0 Å². The maximum Gasteiger partial charge on any atom is 0.404 e. The third kappa shape index (κ3) is 5.74. The summed E-state index contributed by atoms with van der Waals surface area (Å²) in [5.41, 5.74) is 9.98. The zero-order valence-electron chi connectivity index (χ0n) is 7.36. The van der Waals surface area contributed by atoms with Crippen LogP contribution in [0.3, 0.4) is 0 Å². The van der Waals surface area contributed by atoms with Crippen molar-refractivity contribution in [3.8, 4) is 0 Å². The number of ether oxygens (including phenoxy) is 1. The molecule has 7 nitrogen and oxygen atoms in total. The van der Waals surface area contributed by atoms with Gasteiger partial charge in [-0.15, -0.1) is 0 Å². The molecule has 6 N–H and O–H groups in total. The summed E-state index contributed by atoms with van der Waals surface area (Å²) >= 11 is 0. The minimum atomic E-state index is -0.821. The number of hydrogen-bond donors (Lipinski definition) is 4. The van der Waals surface area contributed by atoms with Crippen LogP contribution in [0.25, 0.3) is 0 Å². The second kappa shape index (κ2) is 6.06. The standard InChI is InChI=1S/C6H14N4O3/c1-4(5(7)10-12)9-2-3-13-6(8)11/h4,9,12H,2-3H2,1H3,(H2,7,10)(H2,8,11). The molecule has 0 spiro atoms. The Labute approximate surface area is 75.7 Å². The van der Waals surface area contributed by atoms with Gasteiger partial charge in [0.05, 0.1) is 6.04 Å². The van der Waals surface area contributed by atoms with E-state index in [4.69, 9.17) is 16.7 Å². The smallest absolute Gasteiger partial charge is 0.404 e. The first-order chi connectivity index (χ1) is 6.07. The summed E-state index contributed by atoms with van der Waals surface area (Å²) in [6, 6.07) is -0.276. The van der Waals surface area contributed by atoms with Gasteiger partial charge in [0.15, 0.2) is 5.84 Å². The Morgan fingerprint density at radius 1 is 1.69 bits per heavy atom. The minimum Gasteiger partial charge on any atom is -0.448 e. The predicted molar refractivity (Wildman–Crippen MR) is 46.4 cm³/mol. The van der Waals surface area contributed by atoms with Crippen molar-refractivity contribution in [2.45, 2.75) is 13.0 Å². The molecule has 0 radical (unpaired) electrons. The quantitative estimate of drug-likeness (QED) is 0.143. The molecule has 1 amide bonds. The molecule has 0 aromatic heterocycles. The first kappa shape index (κ1) is 11.5. The maximum atomic E-state index is 10.1. The first-order valence-corrected chi connectivity index (χ1v) is 3.71. The Hall–Kier alpha value is -1.50. The molecule has 0 aromatic carbocycles. The molecule has 0 heterocycles. The molecule has 0 aliphatic rings. The number of hydrogen-bond acceptors (Lipinski definition) is 5. The van der Waals surface area contributed by atoms with Crippen molar-refractivity contribution in [1.82, 2.24) is 5.32 Å². The molecule has 0 aromatic rings. The fourth-order valence-corrected chi connectivity index (χ4v) is 0.618. The number of nitrogens with one attached hydrogen (secondary N) is 1. The van der Waals surface area contributed by atoms with Crippen LogP contribution >= 0.6 is 0 Å². The molecule has 0 saturated carbocycles. The van der Waals surface area contributed by atoms with Crippen molar-refractivity contribution in [3.05, 3.63) is 0 Å². The second-order valence-electron chi connectivity index (χ2n) is 2.37. The number of amidine groups is 1. The highest BCUT2D eigenvalue weighted by Gasteiger charge is 2.05. The highest BCUT2D eigenvalue weighted by atomic mass is 16.5. The number of nitrogens with zero attached hydrogens (tertiary/aromatic N) is 1. The van der Waals surface area contributed by atoms with Crippen molar-refractivity contribution >= 4 is 11.9 Å². The zero-order valence-corrected chi connectivity index (χ0v) is 7.36. The summed E-state index contributed by atoms with van der Waals surface area (Å²) in [6.07, 6.45) is -0.821. The third-order valence-corrected chi connectivity index (χ3v) is 1.36. The molecule has 1 unspecified atom stereocenters. The number of carbonyl (C=O) groups excluding carboxylic acids is 1. The lowest BCUT2D eigenvalue weighted by Crippen LogP contribution is -2.40. The average Bonchev–Trinajstić information content (AvgIpc) is 2.10.